The van der Waals surface area contributed by atoms with Crippen LogP contribution in [0.4, 0.5) is 13.2 Å². The van der Waals surface area contributed by atoms with Gasteiger partial charge in [-0.05, 0) is 31.0 Å². The van der Waals surface area contributed by atoms with Crippen molar-refractivity contribution in [3.8, 4) is 6.07 Å². The van der Waals surface area contributed by atoms with E-state index in [0.717, 1.165) is 12.1 Å². The van der Waals surface area contributed by atoms with Crippen molar-refractivity contribution in [2.24, 2.45) is 11.7 Å². The van der Waals surface area contributed by atoms with Gasteiger partial charge in [0, 0.05) is 5.92 Å². The second-order valence-corrected chi connectivity index (χ2v) is 5.16. The van der Waals surface area contributed by atoms with Gasteiger partial charge in [-0.3, -0.25) is 9.59 Å². The van der Waals surface area contributed by atoms with Crippen LogP contribution in [0.2, 0.25) is 0 Å². The van der Waals surface area contributed by atoms with Crippen LogP contribution >= 0.6 is 0 Å². The number of rotatable bonds is 6. The molecule has 8 heteroatoms. The molecule has 0 aliphatic carbocycles. The third-order valence-corrected chi connectivity index (χ3v) is 3.13. The van der Waals surface area contributed by atoms with Crippen molar-refractivity contribution >= 4 is 11.8 Å². The van der Waals surface area contributed by atoms with Gasteiger partial charge in [-0.15, -0.1) is 0 Å². The number of nitrogens with zero attached hydrogens (tertiary/aromatic N) is 1. The number of hydrogen-bond donors (Lipinski definition) is 2. The van der Waals surface area contributed by atoms with Crippen LogP contribution in [0.25, 0.3) is 0 Å². The standard InChI is InChI=1S/C15H16F3N3O2/c1-9(8-19)6-12(14(20)23)21-13(22)7-10-2-4-11(5-3-10)15(16,17)18/h2-5,9,12H,6-7H2,1H3,(H2,20,23)(H,21,22)/t9-,12-/m0/s1. The molecule has 1 aromatic carbocycles. The highest BCUT2D eigenvalue weighted by molar-refractivity contribution is 5.87. The van der Waals surface area contributed by atoms with E-state index in [1.807, 2.05) is 6.07 Å². The van der Waals surface area contributed by atoms with E-state index in [4.69, 9.17) is 11.0 Å². The van der Waals surface area contributed by atoms with Crippen LogP contribution in [-0.4, -0.2) is 17.9 Å². The van der Waals surface area contributed by atoms with Gasteiger partial charge in [0.25, 0.3) is 0 Å². The van der Waals surface area contributed by atoms with Crippen LogP contribution in [0.5, 0.6) is 0 Å². The van der Waals surface area contributed by atoms with Gasteiger partial charge in [-0.1, -0.05) is 12.1 Å². The third kappa shape index (κ3) is 5.98. The molecule has 0 heterocycles. The molecule has 1 aromatic rings. The van der Waals surface area contributed by atoms with E-state index in [1.54, 1.807) is 6.92 Å². The molecule has 0 aromatic heterocycles. The lowest BCUT2D eigenvalue weighted by molar-refractivity contribution is -0.137. The highest BCUT2D eigenvalue weighted by Gasteiger charge is 2.30. The molecule has 5 nitrogen and oxygen atoms in total. The molecule has 0 aliphatic rings. The molecule has 23 heavy (non-hydrogen) atoms. The van der Waals surface area contributed by atoms with Crippen molar-refractivity contribution in [2.45, 2.75) is 32.0 Å². The molecule has 124 valence electrons. The zero-order valence-corrected chi connectivity index (χ0v) is 12.4. The first-order valence-electron chi connectivity index (χ1n) is 6.78. The van der Waals surface area contributed by atoms with E-state index in [2.05, 4.69) is 5.32 Å². The minimum absolute atomic E-state index is 0.0740. The molecule has 0 bridgehead atoms. The maximum atomic E-state index is 12.4. The average Bonchev–Trinajstić information content (AvgIpc) is 2.45. The molecule has 0 saturated carbocycles. The van der Waals surface area contributed by atoms with Crippen LogP contribution in [0.15, 0.2) is 24.3 Å². The van der Waals surface area contributed by atoms with Crippen LogP contribution in [0.1, 0.15) is 24.5 Å². The summed E-state index contributed by atoms with van der Waals surface area (Å²) < 4.78 is 37.3. The Hall–Kier alpha value is -2.56. The molecule has 0 spiro atoms. The van der Waals surface area contributed by atoms with Crippen molar-refractivity contribution in [2.75, 3.05) is 0 Å². The van der Waals surface area contributed by atoms with Crippen LogP contribution < -0.4 is 11.1 Å². The first kappa shape index (κ1) is 18.5. The molecule has 0 radical (unpaired) electrons. The molecule has 1 rings (SSSR count). The van der Waals surface area contributed by atoms with E-state index < -0.39 is 35.5 Å². The number of nitrogens with one attached hydrogen (secondary N) is 1. The van der Waals surface area contributed by atoms with Gasteiger partial charge < -0.3 is 11.1 Å². The zero-order chi connectivity index (χ0) is 17.6. The fourth-order valence-corrected chi connectivity index (χ4v) is 1.89. The fourth-order valence-electron chi connectivity index (χ4n) is 1.89. The Morgan fingerprint density at radius 3 is 2.30 bits per heavy atom. The second kappa shape index (κ2) is 7.63. The van der Waals surface area contributed by atoms with Gasteiger partial charge in [-0.2, -0.15) is 18.4 Å². The summed E-state index contributed by atoms with van der Waals surface area (Å²) in [6.07, 6.45) is -4.56. The molecular formula is C15H16F3N3O2. The van der Waals surface area contributed by atoms with Crippen LogP contribution in [0.3, 0.4) is 0 Å². The summed E-state index contributed by atoms with van der Waals surface area (Å²) in [6, 6.07) is 5.08. The highest BCUT2D eigenvalue weighted by atomic mass is 19.4. The average molecular weight is 327 g/mol. The second-order valence-electron chi connectivity index (χ2n) is 5.16. The lowest BCUT2D eigenvalue weighted by Gasteiger charge is -2.16. The molecular weight excluding hydrogens is 311 g/mol. The number of benzene rings is 1. The summed E-state index contributed by atoms with van der Waals surface area (Å²) in [6.45, 7) is 1.58. The summed E-state index contributed by atoms with van der Waals surface area (Å²) in [5.41, 5.74) is 4.72. The number of amides is 2. The first-order chi connectivity index (χ1) is 10.6. The quantitative estimate of drug-likeness (QED) is 0.833. The van der Waals surface area contributed by atoms with E-state index in [9.17, 15) is 22.8 Å². The Morgan fingerprint density at radius 1 is 1.30 bits per heavy atom. The minimum atomic E-state index is -4.44. The number of primary amides is 1. The number of carbonyl (C=O) groups excluding carboxylic acids is 2. The maximum absolute atomic E-state index is 12.4. The lowest BCUT2D eigenvalue weighted by atomic mass is 10.0. The van der Waals surface area contributed by atoms with E-state index >= 15 is 0 Å². The van der Waals surface area contributed by atoms with Crippen molar-refractivity contribution in [1.29, 1.82) is 5.26 Å². The monoisotopic (exact) mass is 327 g/mol. The summed E-state index contributed by atoms with van der Waals surface area (Å²) in [4.78, 5) is 23.1. The minimum Gasteiger partial charge on any atom is -0.368 e. The number of carbonyl (C=O) groups is 2. The van der Waals surface area contributed by atoms with Crippen LogP contribution in [0, 0.1) is 17.2 Å². The molecule has 3 N–H and O–H groups in total. The molecule has 2 amide bonds. The predicted octanol–water partition coefficient (Wildman–Crippen LogP) is 1.77. The molecule has 0 fully saturated rings. The zero-order valence-electron chi connectivity index (χ0n) is 12.4. The van der Waals surface area contributed by atoms with Crippen LogP contribution in [-0.2, 0) is 22.2 Å². The number of alkyl halides is 3. The van der Waals surface area contributed by atoms with E-state index in [0.29, 0.717) is 5.56 Å². The number of hydrogen-bond acceptors (Lipinski definition) is 3. The number of nitrogens with two attached hydrogens (primary N) is 1. The van der Waals surface area contributed by atoms with Crippen molar-refractivity contribution in [3.63, 3.8) is 0 Å². The Kier molecular flexibility index (Phi) is 6.13. The van der Waals surface area contributed by atoms with E-state index in [-0.39, 0.29) is 12.8 Å². The van der Waals surface area contributed by atoms with Crippen molar-refractivity contribution in [1.82, 2.24) is 5.32 Å². The molecule has 2 atom stereocenters. The SMILES string of the molecule is C[C@H](C#N)C[C@H](NC(=O)Cc1ccc(C(F)(F)F)cc1)C(N)=O. The van der Waals surface area contributed by atoms with Gasteiger partial charge in [-0.25, -0.2) is 0 Å². The van der Waals surface area contributed by atoms with Crippen molar-refractivity contribution in [3.05, 3.63) is 35.4 Å². The summed E-state index contributed by atoms with van der Waals surface area (Å²) in [5, 5.41) is 11.1. The van der Waals surface area contributed by atoms with Gasteiger partial charge >= 0.3 is 6.18 Å². The summed E-state index contributed by atoms with van der Waals surface area (Å²) in [5.74, 6) is -1.80. The first-order valence-corrected chi connectivity index (χ1v) is 6.78. The summed E-state index contributed by atoms with van der Waals surface area (Å²) in [7, 11) is 0. The van der Waals surface area contributed by atoms with Gasteiger partial charge in [0.2, 0.25) is 11.8 Å². The Labute approximate surface area is 131 Å². The molecule has 0 aliphatic heterocycles. The Balaban J connectivity index is 2.68. The Bertz CT molecular complexity index is 606. The molecule has 0 saturated heterocycles. The summed E-state index contributed by atoms with van der Waals surface area (Å²) >= 11 is 0. The fraction of sp³-hybridized carbons (Fsp3) is 0.400. The van der Waals surface area contributed by atoms with Gasteiger partial charge in [0.15, 0.2) is 0 Å². The third-order valence-electron chi connectivity index (χ3n) is 3.13. The Morgan fingerprint density at radius 2 is 1.87 bits per heavy atom. The smallest absolute Gasteiger partial charge is 0.368 e. The van der Waals surface area contributed by atoms with E-state index in [1.165, 1.54) is 12.1 Å². The predicted molar refractivity (Wildman–Crippen MR) is 75.7 cm³/mol. The highest BCUT2D eigenvalue weighted by Crippen LogP contribution is 2.29. The normalized spacial score (nSPS) is 13.7. The topological polar surface area (TPSA) is 96.0 Å². The van der Waals surface area contributed by atoms with Gasteiger partial charge in [0.1, 0.15) is 6.04 Å². The van der Waals surface area contributed by atoms with Crippen molar-refractivity contribution < 1.29 is 22.8 Å². The molecule has 0 unspecified atom stereocenters. The van der Waals surface area contributed by atoms with Gasteiger partial charge in [0.05, 0.1) is 18.1 Å². The number of halogens is 3. The number of nitriles is 1. The lowest BCUT2D eigenvalue weighted by Crippen LogP contribution is -2.45. The largest absolute Gasteiger partial charge is 0.416 e. The maximum Gasteiger partial charge on any atom is 0.416 e.